The third-order valence-electron chi connectivity index (χ3n) is 3.05. The van der Waals surface area contributed by atoms with Gasteiger partial charge in [-0.3, -0.25) is 4.68 Å². The molecule has 0 N–H and O–H groups in total. The number of benzene rings is 1. The standard InChI is InChI=1S/C14H21BrN2OSi/c1-19(2,3)9-8-18-7-6-17-14-5-4-13(15)10-12(14)11-16-17/h4-5,10-11H,6-9H2,1-3H3. The van der Waals surface area contributed by atoms with E-state index in [-0.39, 0.29) is 0 Å². The van der Waals surface area contributed by atoms with Crippen molar-refractivity contribution in [3.05, 3.63) is 28.9 Å². The lowest BCUT2D eigenvalue weighted by molar-refractivity contribution is 0.136. The molecule has 0 radical (unpaired) electrons. The maximum atomic E-state index is 5.72. The van der Waals surface area contributed by atoms with Crippen molar-refractivity contribution in [2.45, 2.75) is 32.2 Å². The Labute approximate surface area is 124 Å². The summed E-state index contributed by atoms with van der Waals surface area (Å²) in [7, 11) is -0.976. The van der Waals surface area contributed by atoms with Gasteiger partial charge in [0.25, 0.3) is 0 Å². The summed E-state index contributed by atoms with van der Waals surface area (Å²) in [6, 6.07) is 7.45. The van der Waals surface area contributed by atoms with Crippen LogP contribution in [0.2, 0.25) is 25.7 Å². The molecule has 1 heterocycles. The fraction of sp³-hybridized carbons (Fsp3) is 0.500. The zero-order chi connectivity index (χ0) is 13.9. The number of halogens is 1. The molecular formula is C14H21BrN2OSi. The van der Waals surface area contributed by atoms with Crippen LogP contribution in [0.15, 0.2) is 28.9 Å². The summed E-state index contributed by atoms with van der Waals surface area (Å²) >= 11 is 3.48. The fourth-order valence-electron chi connectivity index (χ4n) is 1.87. The van der Waals surface area contributed by atoms with Gasteiger partial charge in [0.2, 0.25) is 0 Å². The van der Waals surface area contributed by atoms with Crippen LogP contribution in [0.1, 0.15) is 0 Å². The van der Waals surface area contributed by atoms with Crippen molar-refractivity contribution >= 4 is 34.9 Å². The Hall–Kier alpha value is -0.653. The zero-order valence-electron chi connectivity index (χ0n) is 11.8. The van der Waals surface area contributed by atoms with Gasteiger partial charge in [-0.15, -0.1) is 0 Å². The summed E-state index contributed by atoms with van der Waals surface area (Å²) in [5, 5.41) is 5.57. The van der Waals surface area contributed by atoms with Crippen LogP contribution in [-0.2, 0) is 11.3 Å². The molecule has 2 rings (SSSR count). The predicted molar refractivity (Wildman–Crippen MR) is 86.4 cm³/mol. The molecule has 0 bridgehead atoms. The van der Waals surface area contributed by atoms with Gasteiger partial charge < -0.3 is 4.74 Å². The van der Waals surface area contributed by atoms with Crippen LogP contribution in [0.5, 0.6) is 0 Å². The van der Waals surface area contributed by atoms with Crippen molar-refractivity contribution in [1.29, 1.82) is 0 Å². The highest BCUT2D eigenvalue weighted by Crippen LogP contribution is 2.19. The lowest BCUT2D eigenvalue weighted by Crippen LogP contribution is -2.22. The lowest BCUT2D eigenvalue weighted by atomic mass is 10.2. The molecule has 5 heteroatoms. The number of ether oxygens (including phenoxy) is 1. The van der Waals surface area contributed by atoms with Gasteiger partial charge in [0.1, 0.15) is 0 Å². The van der Waals surface area contributed by atoms with Gasteiger partial charge in [-0.05, 0) is 24.2 Å². The van der Waals surface area contributed by atoms with Gasteiger partial charge >= 0.3 is 0 Å². The van der Waals surface area contributed by atoms with Crippen LogP contribution < -0.4 is 0 Å². The Balaban J connectivity index is 1.85. The van der Waals surface area contributed by atoms with Crippen molar-refractivity contribution in [2.75, 3.05) is 13.2 Å². The van der Waals surface area contributed by atoms with Gasteiger partial charge in [0.05, 0.1) is 24.9 Å². The fourth-order valence-corrected chi connectivity index (χ4v) is 3.00. The van der Waals surface area contributed by atoms with E-state index in [1.165, 1.54) is 6.04 Å². The van der Waals surface area contributed by atoms with Crippen LogP contribution in [0, 0.1) is 0 Å². The summed E-state index contributed by atoms with van der Waals surface area (Å²) in [5.74, 6) is 0. The molecule has 19 heavy (non-hydrogen) atoms. The van der Waals surface area contributed by atoms with Crippen molar-refractivity contribution in [2.24, 2.45) is 0 Å². The Morgan fingerprint density at radius 2 is 2.05 bits per heavy atom. The third-order valence-corrected chi connectivity index (χ3v) is 5.25. The minimum Gasteiger partial charge on any atom is -0.380 e. The molecule has 1 aromatic carbocycles. The summed E-state index contributed by atoms with van der Waals surface area (Å²) in [5.41, 5.74) is 1.16. The first-order valence-corrected chi connectivity index (χ1v) is 11.1. The smallest absolute Gasteiger partial charge is 0.0684 e. The third kappa shape index (κ3) is 4.44. The van der Waals surface area contributed by atoms with E-state index >= 15 is 0 Å². The van der Waals surface area contributed by atoms with Gasteiger partial charge in [-0.2, -0.15) is 5.10 Å². The maximum absolute atomic E-state index is 5.72. The minimum absolute atomic E-state index is 0.733. The highest BCUT2D eigenvalue weighted by molar-refractivity contribution is 9.10. The molecule has 0 spiro atoms. The van der Waals surface area contributed by atoms with Crippen LogP contribution in [0.4, 0.5) is 0 Å². The largest absolute Gasteiger partial charge is 0.380 e. The van der Waals surface area contributed by atoms with Crippen LogP contribution >= 0.6 is 15.9 Å². The van der Waals surface area contributed by atoms with E-state index in [0.717, 1.165) is 35.1 Å². The summed E-state index contributed by atoms with van der Waals surface area (Å²) in [6.07, 6.45) is 1.90. The molecular weight excluding hydrogens is 320 g/mol. The molecule has 104 valence electrons. The van der Waals surface area contributed by atoms with Crippen molar-refractivity contribution in [3.8, 4) is 0 Å². The molecule has 0 unspecified atom stereocenters. The zero-order valence-corrected chi connectivity index (χ0v) is 14.4. The Morgan fingerprint density at radius 1 is 1.26 bits per heavy atom. The Bertz CT molecular complexity index is 548. The molecule has 0 fully saturated rings. The van der Waals surface area contributed by atoms with Crippen molar-refractivity contribution in [3.63, 3.8) is 0 Å². The SMILES string of the molecule is C[Si](C)(C)CCOCCn1ncc2cc(Br)ccc21. The summed E-state index contributed by atoms with van der Waals surface area (Å²) in [4.78, 5) is 0. The van der Waals surface area contributed by atoms with Gasteiger partial charge in [0, 0.05) is 24.5 Å². The molecule has 2 aromatic rings. The first kappa shape index (κ1) is 14.7. The van der Waals surface area contributed by atoms with Crippen LogP contribution in [0.25, 0.3) is 10.9 Å². The molecule has 0 amide bonds. The molecule has 3 nitrogen and oxygen atoms in total. The Kier molecular flexibility index (Phi) is 4.81. The number of fused-ring (bicyclic) bond motifs is 1. The number of aromatic nitrogens is 2. The first-order valence-electron chi connectivity index (χ1n) is 6.64. The average Bonchev–Trinajstić information content (AvgIpc) is 2.69. The highest BCUT2D eigenvalue weighted by atomic mass is 79.9. The normalized spacial score (nSPS) is 12.2. The molecule has 0 aliphatic carbocycles. The van der Waals surface area contributed by atoms with Crippen molar-refractivity contribution < 1.29 is 4.74 Å². The van der Waals surface area contributed by atoms with E-state index < -0.39 is 8.07 Å². The topological polar surface area (TPSA) is 27.1 Å². The second-order valence-corrected chi connectivity index (χ2v) is 12.5. The number of hydrogen-bond donors (Lipinski definition) is 0. The van der Waals surface area contributed by atoms with Gasteiger partial charge in [-0.25, -0.2) is 0 Å². The molecule has 1 aromatic heterocycles. The predicted octanol–water partition coefficient (Wildman–Crippen LogP) is 4.15. The van der Waals surface area contributed by atoms with Crippen LogP contribution in [0.3, 0.4) is 0 Å². The monoisotopic (exact) mass is 340 g/mol. The molecule has 0 aliphatic rings. The van der Waals surface area contributed by atoms with E-state index in [4.69, 9.17) is 4.74 Å². The van der Waals surface area contributed by atoms with E-state index in [1.54, 1.807) is 0 Å². The van der Waals surface area contributed by atoms with Gasteiger partial charge in [0.15, 0.2) is 0 Å². The van der Waals surface area contributed by atoms with Crippen molar-refractivity contribution in [1.82, 2.24) is 9.78 Å². The van der Waals surface area contributed by atoms with E-state index in [2.05, 4.69) is 52.8 Å². The summed E-state index contributed by atoms with van der Waals surface area (Å²) in [6.45, 7) is 9.54. The second-order valence-electron chi connectivity index (χ2n) is 5.99. The summed E-state index contributed by atoms with van der Waals surface area (Å²) < 4.78 is 8.82. The maximum Gasteiger partial charge on any atom is 0.0684 e. The second kappa shape index (κ2) is 6.20. The number of rotatable bonds is 6. The lowest BCUT2D eigenvalue weighted by Gasteiger charge is -2.15. The quantitative estimate of drug-likeness (QED) is 0.583. The molecule has 0 saturated heterocycles. The average molecular weight is 341 g/mol. The number of nitrogens with zero attached hydrogens (tertiary/aromatic N) is 2. The molecule has 0 saturated carbocycles. The number of hydrogen-bond acceptors (Lipinski definition) is 2. The molecule has 0 atom stereocenters. The van der Waals surface area contributed by atoms with E-state index in [0.29, 0.717) is 0 Å². The highest BCUT2D eigenvalue weighted by Gasteiger charge is 2.12. The first-order chi connectivity index (χ1) is 8.96. The van der Waals surface area contributed by atoms with Gasteiger partial charge in [-0.1, -0.05) is 35.6 Å². The van der Waals surface area contributed by atoms with Crippen LogP contribution in [-0.4, -0.2) is 31.1 Å². The van der Waals surface area contributed by atoms with E-state index in [1.807, 2.05) is 16.9 Å². The Morgan fingerprint density at radius 3 is 2.79 bits per heavy atom. The van der Waals surface area contributed by atoms with E-state index in [9.17, 15) is 0 Å². The molecule has 0 aliphatic heterocycles. The minimum atomic E-state index is -0.976.